The minimum absolute atomic E-state index is 0.0916. The minimum Gasteiger partial charge on any atom is -0.392 e. The molecule has 0 amide bonds. The van der Waals surface area contributed by atoms with Gasteiger partial charge in [-0.1, -0.05) is 13.3 Å². The zero-order valence-electron chi connectivity index (χ0n) is 12.3. The maximum absolute atomic E-state index is 9.41. The van der Waals surface area contributed by atoms with E-state index in [-0.39, 0.29) is 6.61 Å². The van der Waals surface area contributed by atoms with Crippen molar-refractivity contribution in [1.29, 1.82) is 0 Å². The molecule has 19 heavy (non-hydrogen) atoms. The quantitative estimate of drug-likeness (QED) is 0.897. The highest BCUT2D eigenvalue weighted by molar-refractivity contribution is 5.44. The fourth-order valence-corrected chi connectivity index (χ4v) is 2.74. The van der Waals surface area contributed by atoms with Crippen LogP contribution in [0.15, 0.2) is 12.1 Å². The van der Waals surface area contributed by atoms with Crippen LogP contribution in [0.25, 0.3) is 0 Å². The van der Waals surface area contributed by atoms with E-state index < -0.39 is 0 Å². The van der Waals surface area contributed by atoms with Crippen molar-refractivity contribution in [3.05, 3.63) is 23.4 Å². The molecule has 1 aliphatic rings. The van der Waals surface area contributed by atoms with Crippen molar-refractivity contribution in [1.82, 2.24) is 9.88 Å². The van der Waals surface area contributed by atoms with Crippen LogP contribution in [0.3, 0.4) is 0 Å². The number of aliphatic hydroxyl groups is 1. The Morgan fingerprint density at radius 3 is 2.79 bits per heavy atom. The van der Waals surface area contributed by atoms with Gasteiger partial charge in [0.25, 0.3) is 0 Å². The van der Waals surface area contributed by atoms with Crippen LogP contribution in [0, 0.1) is 0 Å². The van der Waals surface area contributed by atoms with E-state index in [1.807, 2.05) is 12.1 Å². The number of aromatic nitrogens is 1. The number of hydrogen-bond acceptors (Lipinski definition) is 4. The summed E-state index contributed by atoms with van der Waals surface area (Å²) in [4.78, 5) is 9.48. The molecule has 0 spiro atoms. The third-order valence-electron chi connectivity index (χ3n) is 3.74. The van der Waals surface area contributed by atoms with E-state index in [2.05, 4.69) is 30.7 Å². The Bertz CT molecular complexity index is 422. The maximum Gasteiger partial charge on any atom is 0.129 e. The molecule has 1 aromatic rings. The van der Waals surface area contributed by atoms with Gasteiger partial charge in [0, 0.05) is 31.4 Å². The molecule has 2 heterocycles. The second-order valence-electron chi connectivity index (χ2n) is 5.54. The molecule has 1 fully saturated rings. The zero-order chi connectivity index (χ0) is 13.8. The molecule has 0 aliphatic carbocycles. The predicted molar refractivity (Wildman–Crippen MR) is 78.5 cm³/mol. The Morgan fingerprint density at radius 1 is 1.37 bits per heavy atom. The van der Waals surface area contributed by atoms with Gasteiger partial charge in [-0.25, -0.2) is 4.98 Å². The molecule has 2 rings (SSSR count). The summed E-state index contributed by atoms with van der Waals surface area (Å²) < 4.78 is 0. The smallest absolute Gasteiger partial charge is 0.129 e. The molecule has 0 saturated carbocycles. The van der Waals surface area contributed by atoms with Gasteiger partial charge in [-0.3, -0.25) is 0 Å². The van der Waals surface area contributed by atoms with Crippen LogP contribution < -0.4 is 4.90 Å². The van der Waals surface area contributed by atoms with Crippen LogP contribution in [0.1, 0.15) is 31.5 Å². The van der Waals surface area contributed by atoms with Gasteiger partial charge in [-0.05, 0) is 38.1 Å². The predicted octanol–water partition coefficient (Wildman–Crippen LogP) is 1.67. The molecule has 0 bridgehead atoms. The van der Waals surface area contributed by atoms with Crippen molar-refractivity contribution in [3.8, 4) is 0 Å². The Kier molecular flexibility index (Phi) is 4.77. The molecule has 1 N–H and O–H groups in total. The van der Waals surface area contributed by atoms with Crippen LogP contribution in [-0.4, -0.2) is 47.7 Å². The summed E-state index contributed by atoms with van der Waals surface area (Å²) in [7, 11) is 2.16. The van der Waals surface area contributed by atoms with Gasteiger partial charge in [-0.2, -0.15) is 0 Å². The number of anilines is 1. The molecule has 4 nitrogen and oxygen atoms in total. The Hall–Kier alpha value is -1.13. The average molecular weight is 263 g/mol. The lowest BCUT2D eigenvalue weighted by molar-refractivity contribution is 0.273. The zero-order valence-corrected chi connectivity index (χ0v) is 12.3. The molecule has 0 aromatic carbocycles. The topological polar surface area (TPSA) is 39.6 Å². The van der Waals surface area contributed by atoms with Gasteiger partial charge in [0.2, 0.25) is 0 Å². The van der Waals surface area contributed by atoms with Crippen molar-refractivity contribution in [2.45, 2.75) is 39.3 Å². The van der Waals surface area contributed by atoms with Gasteiger partial charge in [0.05, 0.1) is 6.61 Å². The van der Waals surface area contributed by atoms with Crippen LogP contribution in [0.2, 0.25) is 0 Å². The third kappa shape index (κ3) is 3.45. The number of pyridine rings is 1. The highest BCUT2D eigenvalue weighted by Crippen LogP contribution is 2.21. The molecule has 0 radical (unpaired) electrons. The normalized spacial score (nSPS) is 20.8. The molecule has 106 valence electrons. The summed E-state index contributed by atoms with van der Waals surface area (Å²) in [6.45, 7) is 7.63. The van der Waals surface area contributed by atoms with Crippen LogP contribution in [0.5, 0.6) is 0 Å². The van der Waals surface area contributed by atoms with Crippen LogP contribution >= 0.6 is 0 Å². The number of hydrogen-bond donors (Lipinski definition) is 1. The standard InChI is InChI=1S/C15H25N3O/c1-4-5-14-8-13(11-19)9-15(16-14)18-7-6-17(3)10-12(18)2/h8-9,12,19H,4-7,10-11H2,1-3H3. The number of rotatable bonds is 4. The molecule has 1 unspecified atom stereocenters. The fraction of sp³-hybridized carbons (Fsp3) is 0.667. The number of likely N-dealkylation sites (N-methyl/N-ethyl adjacent to an activating group) is 1. The van der Waals surface area contributed by atoms with E-state index in [0.29, 0.717) is 6.04 Å². The first-order chi connectivity index (χ1) is 9.13. The molecule has 1 atom stereocenters. The first-order valence-electron chi connectivity index (χ1n) is 7.20. The van der Waals surface area contributed by atoms with E-state index in [0.717, 1.165) is 49.6 Å². The SMILES string of the molecule is CCCc1cc(CO)cc(N2CCN(C)CC2C)n1. The Labute approximate surface area is 116 Å². The lowest BCUT2D eigenvalue weighted by Crippen LogP contribution is -2.50. The van der Waals surface area contributed by atoms with E-state index in [1.165, 1.54) is 0 Å². The second kappa shape index (κ2) is 6.35. The summed E-state index contributed by atoms with van der Waals surface area (Å²) in [6, 6.07) is 4.52. The second-order valence-corrected chi connectivity index (χ2v) is 5.54. The van der Waals surface area contributed by atoms with Gasteiger partial charge in [0.15, 0.2) is 0 Å². The van der Waals surface area contributed by atoms with Crippen molar-refractivity contribution in [3.63, 3.8) is 0 Å². The summed E-state index contributed by atoms with van der Waals surface area (Å²) in [5, 5.41) is 9.41. The summed E-state index contributed by atoms with van der Waals surface area (Å²) >= 11 is 0. The van der Waals surface area contributed by atoms with Crippen molar-refractivity contribution in [2.75, 3.05) is 31.6 Å². The van der Waals surface area contributed by atoms with E-state index in [4.69, 9.17) is 4.98 Å². The molecular weight excluding hydrogens is 238 g/mol. The highest BCUT2D eigenvalue weighted by atomic mass is 16.3. The molecule has 4 heteroatoms. The Morgan fingerprint density at radius 2 is 2.16 bits per heavy atom. The van der Waals surface area contributed by atoms with E-state index in [1.54, 1.807) is 0 Å². The monoisotopic (exact) mass is 263 g/mol. The van der Waals surface area contributed by atoms with Crippen molar-refractivity contribution < 1.29 is 5.11 Å². The summed E-state index contributed by atoms with van der Waals surface area (Å²) in [5.41, 5.74) is 2.06. The Balaban J connectivity index is 2.25. The van der Waals surface area contributed by atoms with Gasteiger partial charge in [0.1, 0.15) is 5.82 Å². The molecular formula is C15H25N3O. The van der Waals surface area contributed by atoms with Crippen LogP contribution in [0.4, 0.5) is 5.82 Å². The third-order valence-corrected chi connectivity index (χ3v) is 3.74. The first kappa shape index (κ1) is 14.3. The van der Waals surface area contributed by atoms with Gasteiger partial charge in [-0.15, -0.1) is 0 Å². The fourth-order valence-electron chi connectivity index (χ4n) is 2.74. The largest absolute Gasteiger partial charge is 0.392 e. The average Bonchev–Trinajstić information content (AvgIpc) is 2.38. The lowest BCUT2D eigenvalue weighted by Gasteiger charge is -2.39. The van der Waals surface area contributed by atoms with Gasteiger partial charge >= 0.3 is 0 Å². The number of piperazine rings is 1. The highest BCUT2D eigenvalue weighted by Gasteiger charge is 2.23. The first-order valence-corrected chi connectivity index (χ1v) is 7.20. The van der Waals surface area contributed by atoms with Crippen molar-refractivity contribution >= 4 is 5.82 Å². The van der Waals surface area contributed by atoms with Crippen LogP contribution in [-0.2, 0) is 13.0 Å². The minimum atomic E-state index is 0.0916. The van der Waals surface area contributed by atoms with Crippen molar-refractivity contribution in [2.24, 2.45) is 0 Å². The van der Waals surface area contributed by atoms with Gasteiger partial charge < -0.3 is 14.9 Å². The molecule has 1 saturated heterocycles. The number of aryl methyl sites for hydroxylation is 1. The lowest BCUT2D eigenvalue weighted by atomic mass is 10.1. The van der Waals surface area contributed by atoms with E-state index >= 15 is 0 Å². The van der Waals surface area contributed by atoms with E-state index in [9.17, 15) is 5.11 Å². The molecule has 1 aromatic heterocycles. The maximum atomic E-state index is 9.41. The molecule has 1 aliphatic heterocycles. The number of nitrogens with zero attached hydrogens (tertiary/aromatic N) is 3. The summed E-state index contributed by atoms with van der Waals surface area (Å²) in [5.74, 6) is 1.02. The summed E-state index contributed by atoms with van der Waals surface area (Å²) in [6.07, 6.45) is 2.06. The number of aliphatic hydroxyl groups excluding tert-OH is 1.